The van der Waals surface area contributed by atoms with Crippen LogP contribution in [0.3, 0.4) is 0 Å². The first-order valence-electron chi connectivity index (χ1n) is 8.67. The maximum absolute atomic E-state index is 13.0. The lowest BCUT2D eigenvalue weighted by atomic mass is 10.2. The highest BCUT2D eigenvalue weighted by molar-refractivity contribution is 7.89. The molecule has 0 atom stereocenters. The van der Waals surface area contributed by atoms with Crippen LogP contribution in [0.5, 0.6) is 5.75 Å². The van der Waals surface area contributed by atoms with Crippen molar-refractivity contribution in [1.29, 1.82) is 0 Å². The molecule has 0 heterocycles. The molecule has 0 radical (unpaired) electrons. The van der Waals surface area contributed by atoms with Gasteiger partial charge in [0, 0.05) is 25.9 Å². The highest BCUT2D eigenvalue weighted by Gasteiger charge is 2.33. The van der Waals surface area contributed by atoms with Gasteiger partial charge in [0.15, 0.2) is 0 Å². The average Bonchev–Trinajstić information content (AvgIpc) is 2.69. The molecule has 2 rings (SSSR count). The number of benzene rings is 2. The van der Waals surface area contributed by atoms with E-state index in [1.165, 1.54) is 69.7 Å². The van der Waals surface area contributed by atoms with E-state index >= 15 is 0 Å². The quantitative estimate of drug-likeness (QED) is 0.615. The lowest BCUT2D eigenvalue weighted by Crippen LogP contribution is -2.38. The Kier molecular flexibility index (Phi) is 7.27. The van der Waals surface area contributed by atoms with Crippen LogP contribution in [0.2, 0.25) is 0 Å². The van der Waals surface area contributed by atoms with E-state index in [2.05, 4.69) is 0 Å². The van der Waals surface area contributed by atoms with Gasteiger partial charge in [0.1, 0.15) is 17.2 Å². The van der Waals surface area contributed by atoms with Crippen molar-refractivity contribution in [1.82, 2.24) is 4.31 Å². The number of hydrogen-bond acceptors (Lipinski definition) is 4. The topological polar surface area (TPSA) is 66.9 Å². The predicted octanol–water partition coefficient (Wildman–Crippen LogP) is 3.55. The third kappa shape index (κ3) is 5.83. The lowest BCUT2D eigenvalue weighted by Gasteiger charge is -2.22. The minimum absolute atomic E-state index is 0.0927. The summed E-state index contributed by atoms with van der Waals surface area (Å²) in [6.45, 7) is -1.46. The summed E-state index contributed by atoms with van der Waals surface area (Å²) in [5.74, 6) is -0.790. The zero-order chi connectivity index (χ0) is 22.5. The largest absolute Gasteiger partial charge is 0.495 e. The smallest absolute Gasteiger partial charge is 0.406 e. The minimum atomic E-state index is -4.59. The van der Waals surface area contributed by atoms with E-state index in [-0.39, 0.29) is 16.3 Å². The number of rotatable bonds is 7. The van der Waals surface area contributed by atoms with Gasteiger partial charge in [-0.1, -0.05) is 24.3 Å². The van der Waals surface area contributed by atoms with Gasteiger partial charge in [0.25, 0.3) is 5.91 Å². The standard InChI is InChI=1S/C20H21F3N2O4S/c1-24(2)30(27,28)18-13-15(9-11-17(18)29-3)10-12-19(26)25(14-20(21,22)23)16-7-5-4-6-8-16/h4-13H,14H2,1-3H3/b12-10+. The molecule has 1 amide bonds. The molecule has 30 heavy (non-hydrogen) atoms. The second kappa shape index (κ2) is 9.31. The molecule has 0 unspecified atom stereocenters. The number of carbonyl (C=O) groups is 1. The summed E-state index contributed by atoms with van der Waals surface area (Å²) in [7, 11) is 0.197. The molecular formula is C20H21F3N2O4S. The van der Waals surface area contributed by atoms with Crippen LogP contribution in [-0.4, -0.2) is 52.6 Å². The summed E-state index contributed by atoms with van der Waals surface area (Å²) in [5.41, 5.74) is 0.402. The van der Waals surface area contributed by atoms with Crippen molar-refractivity contribution in [3.8, 4) is 5.75 Å². The van der Waals surface area contributed by atoms with Gasteiger partial charge >= 0.3 is 6.18 Å². The Labute approximate surface area is 173 Å². The summed E-state index contributed by atoms with van der Waals surface area (Å²) in [4.78, 5) is 13.0. The zero-order valence-corrected chi connectivity index (χ0v) is 17.4. The molecule has 2 aromatic rings. The Bertz CT molecular complexity index is 1020. The first-order chi connectivity index (χ1) is 14.0. The van der Waals surface area contributed by atoms with Crippen LogP contribution in [0.25, 0.3) is 6.08 Å². The van der Waals surface area contributed by atoms with Crippen LogP contribution in [0.15, 0.2) is 59.5 Å². The minimum Gasteiger partial charge on any atom is -0.495 e. The lowest BCUT2D eigenvalue weighted by molar-refractivity contribution is -0.129. The van der Waals surface area contributed by atoms with E-state index in [0.717, 1.165) is 10.4 Å². The van der Waals surface area contributed by atoms with Crippen molar-refractivity contribution in [2.45, 2.75) is 11.1 Å². The Morgan fingerprint density at radius 3 is 2.27 bits per heavy atom. The summed E-state index contributed by atoms with van der Waals surface area (Å²) in [6.07, 6.45) is -2.37. The molecule has 10 heteroatoms. The number of carbonyl (C=O) groups excluding carboxylic acids is 1. The van der Waals surface area contributed by atoms with E-state index < -0.39 is 28.7 Å². The van der Waals surface area contributed by atoms with Crippen molar-refractivity contribution in [3.63, 3.8) is 0 Å². The number of sulfonamides is 1. The van der Waals surface area contributed by atoms with Gasteiger partial charge in [0.05, 0.1) is 7.11 Å². The fraction of sp³-hybridized carbons (Fsp3) is 0.250. The first-order valence-corrected chi connectivity index (χ1v) is 10.1. The Morgan fingerprint density at radius 1 is 1.10 bits per heavy atom. The molecular weight excluding hydrogens is 421 g/mol. The third-order valence-electron chi connectivity index (χ3n) is 4.04. The van der Waals surface area contributed by atoms with Crippen molar-refractivity contribution in [3.05, 3.63) is 60.2 Å². The van der Waals surface area contributed by atoms with Crippen molar-refractivity contribution >= 4 is 27.7 Å². The molecule has 0 bridgehead atoms. The van der Waals surface area contributed by atoms with Gasteiger partial charge in [-0.2, -0.15) is 13.2 Å². The number of halogens is 3. The molecule has 0 fully saturated rings. The number of hydrogen-bond donors (Lipinski definition) is 0. The molecule has 0 aliphatic heterocycles. The Balaban J connectivity index is 2.38. The van der Waals surface area contributed by atoms with E-state index in [1.54, 1.807) is 6.07 Å². The fourth-order valence-corrected chi connectivity index (χ4v) is 3.62. The van der Waals surface area contributed by atoms with Gasteiger partial charge in [-0.3, -0.25) is 9.69 Å². The van der Waals surface area contributed by atoms with E-state index in [1.807, 2.05) is 0 Å². The number of alkyl halides is 3. The van der Waals surface area contributed by atoms with E-state index in [4.69, 9.17) is 4.74 Å². The van der Waals surface area contributed by atoms with Crippen LogP contribution in [0.1, 0.15) is 5.56 Å². The second-order valence-electron chi connectivity index (χ2n) is 6.41. The predicted molar refractivity (Wildman–Crippen MR) is 108 cm³/mol. The first kappa shape index (κ1) is 23.4. The zero-order valence-electron chi connectivity index (χ0n) is 16.6. The van der Waals surface area contributed by atoms with Crippen molar-refractivity contribution in [2.75, 3.05) is 32.6 Å². The van der Waals surface area contributed by atoms with Gasteiger partial charge < -0.3 is 4.74 Å². The molecule has 0 N–H and O–H groups in total. The van der Waals surface area contributed by atoms with Crippen molar-refractivity contribution < 1.29 is 31.1 Å². The molecule has 0 saturated carbocycles. The molecule has 0 spiro atoms. The average molecular weight is 442 g/mol. The summed E-state index contributed by atoms with van der Waals surface area (Å²) < 4.78 is 69.9. The molecule has 0 saturated heterocycles. The fourth-order valence-electron chi connectivity index (χ4n) is 2.54. The van der Waals surface area contributed by atoms with Gasteiger partial charge in [-0.05, 0) is 35.9 Å². The summed E-state index contributed by atoms with van der Waals surface area (Å²) in [6, 6.07) is 11.7. The number of amides is 1. The van der Waals surface area contributed by atoms with Crippen LogP contribution in [0, 0.1) is 0 Å². The molecule has 0 aliphatic rings. The molecule has 0 aliphatic carbocycles. The number of methoxy groups -OCH3 is 1. The molecule has 2 aromatic carbocycles. The van der Waals surface area contributed by atoms with Gasteiger partial charge in [0.2, 0.25) is 10.0 Å². The van der Waals surface area contributed by atoms with Gasteiger partial charge in [-0.25, -0.2) is 12.7 Å². The van der Waals surface area contributed by atoms with Crippen LogP contribution in [0.4, 0.5) is 18.9 Å². The highest BCUT2D eigenvalue weighted by atomic mass is 32.2. The summed E-state index contributed by atoms with van der Waals surface area (Å²) >= 11 is 0. The number of para-hydroxylation sites is 1. The summed E-state index contributed by atoms with van der Waals surface area (Å²) in [5, 5.41) is 0. The Hall–Kier alpha value is -2.85. The maximum Gasteiger partial charge on any atom is 0.406 e. The normalized spacial score (nSPS) is 12.4. The maximum atomic E-state index is 13.0. The molecule has 162 valence electrons. The molecule has 0 aromatic heterocycles. The SMILES string of the molecule is COc1ccc(/C=C/C(=O)N(CC(F)(F)F)c2ccccc2)cc1S(=O)(=O)N(C)C. The van der Waals surface area contributed by atoms with Gasteiger partial charge in [-0.15, -0.1) is 0 Å². The van der Waals surface area contributed by atoms with E-state index in [9.17, 15) is 26.4 Å². The van der Waals surface area contributed by atoms with E-state index in [0.29, 0.717) is 10.5 Å². The third-order valence-corrected chi connectivity index (χ3v) is 5.87. The highest BCUT2D eigenvalue weighted by Crippen LogP contribution is 2.28. The Morgan fingerprint density at radius 2 is 1.73 bits per heavy atom. The monoisotopic (exact) mass is 442 g/mol. The number of anilines is 1. The number of nitrogens with zero attached hydrogens (tertiary/aromatic N) is 2. The number of ether oxygens (including phenoxy) is 1. The second-order valence-corrected chi connectivity index (χ2v) is 8.53. The molecule has 6 nitrogen and oxygen atoms in total. The van der Waals surface area contributed by atoms with Crippen molar-refractivity contribution in [2.24, 2.45) is 0 Å². The van der Waals surface area contributed by atoms with Crippen LogP contribution < -0.4 is 9.64 Å². The van der Waals surface area contributed by atoms with Crippen LogP contribution >= 0.6 is 0 Å². The van der Waals surface area contributed by atoms with Crippen LogP contribution in [-0.2, 0) is 14.8 Å².